The average molecular weight is 335 g/mol. The van der Waals surface area contributed by atoms with E-state index in [1.54, 1.807) is 0 Å². The molecule has 1 saturated heterocycles. The standard InChI is InChI=1S/C13H21NO5S2/c15-11(4-2-1-3-9-7-8-20-21-9)14-10(13(18)19)5-6-12(16)17/h9-10H,1-8H2,(H,14,15)(H,16,17)(H,18,19)/t9-,10+/m1/s1. The lowest BCUT2D eigenvalue weighted by molar-refractivity contribution is -0.143. The molecule has 1 heterocycles. The van der Waals surface area contributed by atoms with Gasteiger partial charge in [0.2, 0.25) is 5.91 Å². The zero-order valence-electron chi connectivity index (χ0n) is 11.7. The smallest absolute Gasteiger partial charge is 0.326 e. The highest BCUT2D eigenvalue weighted by Gasteiger charge is 2.21. The third kappa shape index (κ3) is 8.21. The van der Waals surface area contributed by atoms with Crippen LogP contribution in [0.1, 0.15) is 44.9 Å². The Bertz CT molecular complexity index is 372. The number of unbranched alkanes of at least 4 members (excludes halogenated alkanes) is 1. The minimum atomic E-state index is -1.19. The van der Waals surface area contributed by atoms with Crippen molar-refractivity contribution in [3.63, 3.8) is 0 Å². The van der Waals surface area contributed by atoms with Gasteiger partial charge >= 0.3 is 11.9 Å². The van der Waals surface area contributed by atoms with Crippen molar-refractivity contribution in [3.8, 4) is 0 Å². The number of rotatable bonds is 10. The number of hydrogen-bond donors (Lipinski definition) is 3. The molecule has 0 unspecified atom stereocenters. The van der Waals surface area contributed by atoms with Crippen LogP contribution in [0.2, 0.25) is 0 Å². The highest BCUT2D eigenvalue weighted by atomic mass is 33.1. The first-order valence-corrected chi connectivity index (χ1v) is 9.39. The Morgan fingerprint density at radius 2 is 1.95 bits per heavy atom. The Hall–Kier alpha value is -0.890. The first kappa shape index (κ1) is 18.2. The van der Waals surface area contributed by atoms with Crippen molar-refractivity contribution >= 4 is 39.4 Å². The predicted octanol–water partition coefficient (Wildman–Crippen LogP) is 2.13. The maximum Gasteiger partial charge on any atom is 0.326 e. The number of nitrogens with one attached hydrogen (secondary N) is 1. The van der Waals surface area contributed by atoms with Crippen LogP contribution < -0.4 is 5.32 Å². The molecule has 0 aromatic carbocycles. The summed E-state index contributed by atoms with van der Waals surface area (Å²) >= 11 is 0. The number of aliphatic carboxylic acids is 2. The molecular weight excluding hydrogens is 314 g/mol. The van der Waals surface area contributed by atoms with Crippen LogP contribution >= 0.6 is 21.6 Å². The van der Waals surface area contributed by atoms with Gasteiger partial charge in [-0.3, -0.25) is 9.59 Å². The predicted molar refractivity (Wildman–Crippen MR) is 83.4 cm³/mol. The molecule has 1 rings (SSSR count). The van der Waals surface area contributed by atoms with E-state index >= 15 is 0 Å². The lowest BCUT2D eigenvalue weighted by atomic mass is 10.1. The summed E-state index contributed by atoms with van der Waals surface area (Å²) in [4.78, 5) is 33.0. The molecule has 1 aliphatic heterocycles. The molecule has 2 atom stereocenters. The summed E-state index contributed by atoms with van der Waals surface area (Å²) in [6.45, 7) is 0. The molecule has 0 radical (unpaired) electrons. The summed E-state index contributed by atoms with van der Waals surface area (Å²) in [6, 6.07) is -1.12. The number of carbonyl (C=O) groups is 3. The zero-order chi connectivity index (χ0) is 15.7. The van der Waals surface area contributed by atoms with E-state index in [1.165, 1.54) is 12.2 Å². The highest BCUT2D eigenvalue weighted by Crippen LogP contribution is 2.39. The monoisotopic (exact) mass is 335 g/mol. The van der Waals surface area contributed by atoms with Crippen molar-refractivity contribution in [3.05, 3.63) is 0 Å². The van der Waals surface area contributed by atoms with Gasteiger partial charge in [-0.15, -0.1) is 0 Å². The largest absolute Gasteiger partial charge is 0.481 e. The lowest BCUT2D eigenvalue weighted by Crippen LogP contribution is -2.41. The molecule has 8 heteroatoms. The van der Waals surface area contributed by atoms with Gasteiger partial charge in [-0.25, -0.2) is 4.79 Å². The fourth-order valence-corrected chi connectivity index (χ4v) is 5.04. The van der Waals surface area contributed by atoms with E-state index in [9.17, 15) is 14.4 Å². The summed E-state index contributed by atoms with van der Waals surface area (Å²) in [5.74, 6) is -1.38. The summed E-state index contributed by atoms with van der Waals surface area (Å²) in [5, 5.41) is 20.6. The van der Waals surface area contributed by atoms with Crippen LogP contribution in [0.25, 0.3) is 0 Å². The number of carboxylic acids is 2. The van der Waals surface area contributed by atoms with E-state index in [2.05, 4.69) is 5.32 Å². The molecule has 120 valence electrons. The van der Waals surface area contributed by atoms with Crippen LogP contribution in [0.4, 0.5) is 0 Å². The maximum atomic E-state index is 11.7. The van der Waals surface area contributed by atoms with Crippen LogP contribution in [0.5, 0.6) is 0 Å². The molecule has 0 saturated carbocycles. The summed E-state index contributed by atoms with van der Waals surface area (Å²) in [6.07, 6.45) is 3.93. The maximum absolute atomic E-state index is 11.7. The van der Waals surface area contributed by atoms with Crippen molar-refractivity contribution in [2.75, 3.05) is 5.75 Å². The molecule has 6 nitrogen and oxygen atoms in total. The highest BCUT2D eigenvalue weighted by molar-refractivity contribution is 8.77. The first-order valence-electron chi connectivity index (χ1n) is 7.01. The molecule has 0 spiro atoms. The first-order chi connectivity index (χ1) is 9.99. The molecule has 1 aliphatic rings. The molecule has 0 aromatic heterocycles. The average Bonchev–Trinajstić information content (AvgIpc) is 2.92. The summed E-state index contributed by atoms with van der Waals surface area (Å²) in [5.41, 5.74) is 0. The lowest BCUT2D eigenvalue weighted by Gasteiger charge is -2.13. The second-order valence-corrected chi connectivity index (χ2v) is 7.75. The van der Waals surface area contributed by atoms with E-state index in [0.29, 0.717) is 11.7 Å². The van der Waals surface area contributed by atoms with Gasteiger partial charge in [0.05, 0.1) is 0 Å². The van der Waals surface area contributed by atoms with Gasteiger partial charge in [-0.05, 0) is 25.7 Å². The number of carbonyl (C=O) groups excluding carboxylic acids is 1. The van der Waals surface area contributed by atoms with Gasteiger partial charge in [-0.2, -0.15) is 0 Å². The van der Waals surface area contributed by atoms with Crippen LogP contribution in [-0.2, 0) is 14.4 Å². The molecule has 0 bridgehead atoms. The van der Waals surface area contributed by atoms with Crippen LogP contribution in [0.3, 0.4) is 0 Å². The van der Waals surface area contributed by atoms with Gasteiger partial charge in [0.15, 0.2) is 0 Å². The third-order valence-electron chi connectivity index (χ3n) is 3.19. The van der Waals surface area contributed by atoms with Crippen molar-refractivity contribution < 1.29 is 24.6 Å². The van der Waals surface area contributed by atoms with Crippen molar-refractivity contribution in [1.82, 2.24) is 5.32 Å². The van der Waals surface area contributed by atoms with Crippen LogP contribution in [0, 0.1) is 0 Å². The Labute approximate surface area is 131 Å². The number of carboxylic acid groups (broad SMARTS) is 2. The van der Waals surface area contributed by atoms with Gasteiger partial charge in [-0.1, -0.05) is 28.0 Å². The number of amides is 1. The van der Waals surface area contributed by atoms with Gasteiger partial charge in [0.1, 0.15) is 6.04 Å². The zero-order valence-corrected chi connectivity index (χ0v) is 13.4. The molecule has 1 fully saturated rings. The molecule has 1 amide bonds. The fraction of sp³-hybridized carbons (Fsp3) is 0.769. The third-order valence-corrected chi connectivity index (χ3v) is 6.19. The molecule has 3 N–H and O–H groups in total. The minimum absolute atomic E-state index is 0.0909. The second-order valence-electron chi connectivity index (χ2n) is 4.97. The van der Waals surface area contributed by atoms with E-state index in [4.69, 9.17) is 10.2 Å². The van der Waals surface area contributed by atoms with Crippen molar-refractivity contribution in [2.24, 2.45) is 0 Å². The Morgan fingerprint density at radius 3 is 2.52 bits per heavy atom. The number of hydrogen-bond acceptors (Lipinski definition) is 5. The van der Waals surface area contributed by atoms with Crippen LogP contribution in [-0.4, -0.2) is 45.1 Å². The van der Waals surface area contributed by atoms with Gasteiger partial charge < -0.3 is 15.5 Å². The Morgan fingerprint density at radius 1 is 1.19 bits per heavy atom. The molecule has 21 heavy (non-hydrogen) atoms. The van der Waals surface area contributed by atoms with Crippen LogP contribution in [0.15, 0.2) is 0 Å². The molecule has 0 aromatic rings. The SMILES string of the molecule is O=C(O)CC[C@H](NC(=O)CCCC[C@@H]1CCSS1)C(=O)O. The molecular formula is C13H21NO5S2. The van der Waals surface area contributed by atoms with Crippen molar-refractivity contribution in [1.29, 1.82) is 0 Å². The summed E-state index contributed by atoms with van der Waals surface area (Å²) < 4.78 is 0. The fourth-order valence-electron chi connectivity index (χ4n) is 2.01. The summed E-state index contributed by atoms with van der Waals surface area (Å²) in [7, 11) is 3.80. The normalized spacial score (nSPS) is 19.1. The minimum Gasteiger partial charge on any atom is -0.481 e. The van der Waals surface area contributed by atoms with E-state index in [1.807, 2.05) is 21.6 Å². The van der Waals surface area contributed by atoms with E-state index in [0.717, 1.165) is 19.3 Å². The molecule has 0 aliphatic carbocycles. The van der Waals surface area contributed by atoms with Gasteiger partial charge in [0.25, 0.3) is 0 Å². The van der Waals surface area contributed by atoms with Gasteiger partial charge in [0, 0.05) is 23.8 Å². The Kier molecular flexibility index (Phi) is 8.60. The Balaban J connectivity index is 2.16. The van der Waals surface area contributed by atoms with Crippen molar-refractivity contribution in [2.45, 2.75) is 56.2 Å². The second kappa shape index (κ2) is 9.94. The van der Waals surface area contributed by atoms with E-state index in [-0.39, 0.29) is 18.7 Å². The topological polar surface area (TPSA) is 104 Å². The van der Waals surface area contributed by atoms with E-state index < -0.39 is 18.0 Å². The quantitative estimate of drug-likeness (QED) is 0.415.